The van der Waals surface area contributed by atoms with Gasteiger partial charge in [-0.2, -0.15) is 0 Å². The third-order valence-electron chi connectivity index (χ3n) is 2.22. The van der Waals surface area contributed by atoms with Gasteiger partial charge in [0.25, 0.3) is 0 Å². The molecule has 0 bridgehead atoms. The molecule has 0 amide bonds. The summed E-state index contributed by atoms with van der Waals surface area (Å²) in [6.45, 7) is 0.175. The van der Waals surface area contributed by atoms with Crippen molar-refractivity contribution in [3.63, 3.8) is 0 Å². The number of rotatable bonds is 7. The maximum absolute atomic E-state index is 13.6. The maximum Gasteiger partial charge on any atom is 0.190 e. The number of hydrogen-bond donors (Lipinski definition) is 2. The second-order valence-corrected chi connectivity index (χ2v) is 3.84. The molecule has 0 saturated heterocycles. The van der Waals surface area contributed by atoms with Crippen LogP contribution in [-0.2, 0) is 11.3 Å². The van der Waals surface area contributed by atoms with Crippen LogP contribution in [0.25, 0.3) is 0 Å². The number of hydrogen-bond acceptors (Lipinski definition) is 4. The molecule has 1 rings (SSSR count). The number of aliphatic hydroxyl groups is 1. The molecule has 0 heterocycles. The van der Waals surface area contributed by atoms with E-state index in [1.54, 1.807) is 7.05 Å². The molecule has 1 aromatic rings. The fourth-order valence-corrected chi connectivity index (χ4v) is 1.48. The summed E-state index contributed by atoms with van der Waals surface area (Å²) in [7, 11) is 3.10. The van der Waals surface area contributed by atoms with Crippen molar-refractivity contribution in [2.75, 3.05) is 27.4 Å². The van der Waals surface area contributed by atoms with Crippen molar-refractivity contribution in [1.29, 1.82) is 0 Å². The van der Waals surface area contributed by atoms with E-state index in [0.717, 1.165) is 0 Å². The molecule has 4 nitrogen and oxygen atoms in total. The third-order valence-corrected chi connectivity index (χ3v) is 2.22. The van der Waals surface area contributed by atoms with Crippen molar-refractivity contribution < 1.29 is 23.4 Å². The largest absolute Gasteiger partial charge is 0.485 e. The SMILES string of the molecule is CNCc1cc(F)c(OCC(O)COC)c(F)c1. The lowest BCUT2D eigenvalue weighted by atomic mass is 10.2. The summed E-state index contributed by atoms with van der Waals surface area (Å²) in [5.74, 6) is -2.06. The van der Waals surface area contributed by atoms with Crippen LogP contribution in [0.5, 0.6) is 5.75 Å². The monoisotopic (exact) mass is 261 g/mol. The van der Waals surface area contributed by atoms with Gasteiger partial charge in [0.1, 0.15) is 12.7 Å². The van der Waals surface area contributed by atoms with E-state index < -0.39 is 23.5 Å². The molecule has 1 aromatic carbocycles. The van der Waals surface area contributed by atoms with Crippen molar-refractivity contribution in [3.8, 4) is 5.75 Å². The molecule has 0 fully saturated rings. The molecule has 0 aliphatic heterocycles. The van der Waals surface area contributed by atoms with Gasteiger partial charge in [-0.05, 0) is 24.7 Å². The van der Waals surface area contributed by atoms with E-state index in [2.05, 4.69) is 10.1 Å². The van der Waals surface area contributed by atoms with Crippen LogP contribution in [0.2, 0.25) is 0 Å². The van der Waals surface area contributed by atoms with Crippen molar-refractivity contribution in [3.05, 3.63) is 29.3 Å². The summed E-state index contributed by atoms with van der Waals surface area (Å²) >= 11 is 0. The molecule has 0 aliphatic rings. The summed E-state index contributed by atoms with van der Waals surface area (Å²) < 4.78 is 36.7. The van der Waals surface area contributed by atoms with Gasteiger partial charge in [0, 0.05) is 13.7 Å². The Morgan fingerprint density at radius 3 is 2.39 bits per heavy atom. The van der Waals surface area contributed by atoms with Gasteiger partial charge in [0.2, 0.25) is 0 Å². The summed E-state index contributed by atoms with van der Waals surface area (Å²) in [4.78, 5) is 0. The van der Waals surface area contributed by atoms with Crippen molar-refractivity contribution in [2.45, 2.75) is 12.6 Å². The minimum Gasteiger partial charge on any atom is -0.485 e. The van der Waals surface area contributed by atoms with E-state index in [4.69, 9.17) is 4.74 Å². The van der Waals surface area contributed by atoms with Crippen LogP contribution < -0.4 is 10.1 Å². The molecule has 102 valence electrons. The highest BCUT2D eigenvalue weighted by atomic mass is 19.1. The fraction of sp³-hybridized carbons (Fsp3) is 0.500. The Hall–Kier alpha value is -1.24. The summed E-state index contributed by atoms with van der Waals surface area (Å²) in [5.41, 5.74) is 0.484. The standard InChI is InChI=1S/C12H17F2NO3/c1-15-5-8-3-10(13)12(11(14)4-8)18-7-9(16)6-17-2/h3-4,9,15-16H,5-7H2,1-2H3. The molecule has 2 N–H and O–H groups in total. The zero-order chi connectivity index (χ0) is 13.5. The molecule has 6 heteroatoms. The molecule has 18 heavy (non-hydrogen) atoms. The van der Waals surface area contributed by atoms with Crippen LogP contribution in [0.1, 0.15) is 5.56 Å². The Morgan fingerprint density at radius 1 is 1.28 bits per heavy atom. The van der Waals surface area contributed by atoms with Crippen molar-refractivity contribution in [2.24, 2.45) is 0 Å². The summed E-state index contributed by atoms with van der Waals surface area (Å²) in [5, 5.41) is 12.1. The normalized spacial score (nSPS) is 12.5. The van der Waals surface area contributed by atoms with Crippen molar-refractivity contribution >= 4 is 0 Å². The lowest BCUT2D eigenvalue weighted by Crippen LogP contribution is -2.23. The predicted molar refractivity (Wildman–Crippen MR) is 62.5 cm³/mol. The third kappa shape index (κ3) is 4.21. The van der Waals surface area contributed by atoms with Gasteiger partial charge in [-0.3, -0.25) is 0 Å². The van der Waals surface area contributed by atoms with Crippen LogP contribution in [0.3, 0.4) is 0 Å². The molecule has 0 radical (unpaired) electrons. The molecule has 1 unspecified atom stereocenters. The fourth-order valence-electron chi connectivity index (χ4n) is 1.48. The number of benzene rings is 1. The zero-order valence-corrected chi connectivity index (χ0v) is 10.4. The predicted octanol–water partition coefficient (Wildman–Crippen LogP) is 1.07. The van der Waals surface area contributed by atoms with Gasteiger partial charge in [0.05, 0.1) is 6.61 Å². The second kappa shape index (κ2) is 7.25. The van der Waals surface area contributed by atoms with Gasteiger partial charge in [-0.15, -0.1) is 0 Å². The number of aliphatic hydroxyl groups excluding tert-OH is 1. The first-order valence-corrected chi connectivity index (χ1v) is 5.50. The van der Waals surface area contributed by atoms with Gasteiger partial charge >= 0.3 is 0 Å². The topological polar surface area (TPSA) is 50.7 Å². The molecular formula is C12H17F2NO3. The van der Waals surface area contributed by atoms with Gasteiger partial charge in [-0.25, -0.2) is 8.78 Å². The average Bonchev–Trinajstić information content (AvgIpc) is 2.28. The van der Waals surface area contributed by atoms with Crippen LogP contribution in [-0.4, -0.2) is 38.6 Å². The number of nitrogens with one attached hydrogen (secondary N) is 1. The molecule has 0 aliphatic carbocycles. The minimum absolute atomic E-state index is 0.0427. The highest BCUT2D eigenvalue weighted by Gasteiger charge is 2.14. The number of ether oxygens (including phenoxy) is 2. The van der Waals surface area contributed by atoms with Crippen LogP contribution in [0.4, 0.5) is 8.78 Å². The Balaban J connectivity index is 2.71. The second-order valence-electron chi connectivity index (χ2n) is 3.84. The molecular weight excluding hydrogens is 244 g/mol. The van der Waals surface area contributed by atoms with Gasteiger partial charge < -0.3 is 19.9 Å². The van der Waals surface area contributed by atoms with E-state index in [1.807, 2.05) is 0 Å². The van der Waals surface area contributed by atoms with E-state index in [1.165, 1.54) is 19.2 Å². The minimum atomic E-state index is -0.925. The zero-order valence-electron chi connectivity index (χ0n) is 10.4. The average molecular weight is 261 g/mol. The molecule has 0 aromatic heterocycles. The lowest BCUT2D eigenvalue weighted by Gasteiger charge is -2.13. The molecule has 0 saturated carbocycles. The Morgan fingerprint density at radius 2 is 1.89 bits per heavy atom. The van der Waals surface area contributed by atoms with Crippen molar-refractivity contribution in [1.82, 2.24) is 5.32 Å². The first-order chi connectivity index (χ1) is 8.58. The van der Waals surface area contributed by atoms with Crippen LogP contribution >= 0.6 is 0 Å². The highest BCUT2D eigenvalue weighted by molar-refractivity contribution is 5.31. The summed E-state index contributed by atoms with van der Waals surface area (Å²) in [6.07, 6.45) is -0.925. The van der Waals surface area contributed by atoms with E-state index in [-0.39, 0.29) is 13.2 Å². The highest BCUT2D eigenvalue weighted by Crippen LogP contribution is 2.23. The number of methoxy groups -OCH3 is 1. The lowest BCUT2D eigenvalue weighted by molar-refractivity contribution is 0.0305. The molecule has 1 atom stereocenters. The van der Waals surface area contributed by atoms with E-state index in [9.17, 15) is 13.9 Å². The summed E-state index contributed by atoms with van der Waals surface area (Å²) in [6, 6.07) is 2.38. The van der Waals surface area contributed by atoms with Crippen LogP contribution in [0.15, 0.2) is 12.1 Å². The van der Waals surface area contributed by atoms with Gasteiger partial charge in [0.15, 0.2) is 17.4 Å². The quantitative estimate of drug-likeness (QED) is 0.771. The first kappa shape index (κ1) is 14.8. The Labute approximate surface area is 105 Å². The maximum atomic E-state index is 13.6. The molecule has 0 spiro atoms. The van der Waals surface area contributed by atoms with Gasteiger partial charge in [-0.1, -0.05) is 0 Å². The number of halogens is 2. The van der Waals surface area contributed by atoms with E-state index in [0.29, 0.717) is 12.1 Å². The van der Waals surface area contributed by atoms with Crippen LogP contribution in [0, 0.1) is 11.6 Å². The Kier molecular flexibility index (Phi) is 5.97. The van der Waals surface area contributed by atoms with E-state index >= 15 is 0 Å². The Bertz CT molecular complexity index is 365. The first-order valence-electron chi connectivity index (χ1n) is 5.50. The smallest absolute Gasteiger partial charge is 0.190 e.